The van der Waals surface area contributed by atoms with Crippen LogP contribution in [0, 0.1) is 13.8 Å². The number of nitrogens with zero attached hydrogens (tertiary/aromatic N) is 1. The third kappa shape index (κ3) is 3.32. The van der Waals surface area contributed by atoms with Crippen LogP contribution in [0.2, 0.25) is 0 Å². The van der Waals surface area contributed by atoms with Crippen molar-refractivity contribution in [3.63, 3.8) is 0 Å². The Bertz CT molecular complexity index is 721. The van der Waals surface area contributed by atoms with Gasteiger partial charge in [-0.3, -0.25) is 4.79 Å². The van der Waals surface area contributed by atoms with Gasteiger partial charge in [-0.25, -0.2) is 4.79 Å². The average Bonchev–Trinajstić information content (AvgIpc) is 2.90. The number of rotatable bonds is 5. The number of ether oxygens (including phenoxy) is 1. The molecule has 7 nitrogen and oxygen atoms in total. The van der Waals surface area contributed by atoms with Gasteiger partial charge in [-0.15, -0.1) is 0 Å². The lowest BCUT2D eigenvalue weighted by Gasteiger charge is -2.10. The van der Waals surface area contributed by atoms with E-state index in [1.54, 1.807) is 19.9 Å². The fourth-order valence-corrected chi connectivity index (χ4v) is 2.03. The Hall–Kier alpha value is -2.67. The molecule has 2 aromatic rings. The summed E-state index contributed by atoms with van der Waals surface area (Å²) in [6.45, 7) is 3.71. The molecule has 1 heterocycles. The molecule has 2 N–H and O–H groups in total. The average molecular weight is 304 g/mol. The van der Waals surface area contributed by atoms with Crippen LogP contribution in [-0.4, -0.2) is 29.2 Å². The zero-order valence-corrected chi connectivity index (χ0v) is 12.5. The molecular weight excluding hydrogens is 288 g/mol. The monoisotopic (exact) mass is 304 g/mol. The number of carbonyl (C=O) groups is 2. The van der Waals surface area contributed by atoms with Crippen LogP contribution in [0.15, 0.2) is 22.7 Å². The molecule has 0 bridgehead atoms. The van der Waals surface area contributed by atoms with Crippen molar-refractivity contribution in [3.05, 3.63) is 46.3 Å². The van der Waals surface area contributed by atoms with Crippen LogP contribution in [0.25, 0.3) is 0 Å². The second kappa shape index (κ2) is 6.40. The van der Waals surface area contributed by atoms with E-state index in [0.717, 1.165) is 5.56 Å². The first-order valence-electron chi connectivity index (χ1n) is 6.52. The molecule has 0 aliphatic rings. The number of carboxylic acid groups (broad SMARTS) is 1. The summed E-state index contributed by atoms with van der Waals surface area (Å²) in [5.74, 6) is -1.09. The number of amides is 1. The van der Waals surface area contributed by atoms with Gasteiger partial charge in [0.2, 0.25) is 0 Å². The van der Waals surface area contributed by atoms with Crippen molar-refractivity contribution in [2.24, 2.45) is 0 Å². The molecule has 0 fully saturated rings. The molecular formula is C15H16N2O5. The van der Waals surface area contributed by atoms with E-state index in [-0.39, 0.29) is 17.9 Å². The van der Waals surface area contributed by atoms with E-state index in [1.807, 2.05) is 0 Å². The summed E-state index contributed by atoms with van der Waals surface area (Å²) in [7, 11) is 1.51. The fraction of sp³-hybridized carbons (Fsp3) is 0.267. The van der Waals surface area contributed by atoms with Crippen molar-refractivity contribution in [3.8, 4) is 0 Å². The molecule has 116 valence electrons. The van der Waals surface area contributed by atoms with Crippen LogP contribution >= 0.6 is 0 Å². The highest BCUT2D eigenvalue weighted by atomic mass is 16.5. The van der Waals surface area contributed by atoms with Gasteiger partial charge in [0.1, 0.15) is 6.61 Å². The van der Waals surface area contributed by atoms with E-state index in [1.165, 1.54) is 19.2 Å². The van der Waals surface area contributed by atoms with Crippen LogP contribution in [0.4, 0.5) is 5.69 Å². The van der Waals surface area contributed by atoms with E-state index < -0.39 is 11.9 Å². The van der Waals surface area contributed by atoms with E-state index in [9.17, 15) is 9.59 Å². The SMILES string of the molecule is COCc1cc(C(=O)Nc2cc(C(=O)O)c(C)cc2C)no1. The van der Waals surface area contributed by atoms with Crippen LogP contribution in [0.3, 0.4) is 0 Å². The molecule has 1 aromatic heterocycles. The molecule has 0 spiro atoms. The van der Waals surface area contributed by atoms with Crippen molar-refractivity contribution in [2.45, 2.75) is 20.5 Å². The molecule has 0 saturated carbocycles. The Kier molecular flexibility index (Phi) is 4.57. The van der Waals surface area contributed by atoms with E-state index in [4.69, 9.17) is 14.4 Å². The summed E-state index contributed by atoms with van der Waals surface area (Å²) in [4.78, 5) is 23.3. The quantitative estimate of drug-likeness (QED) is 0.879. The first-order chi connectivity index (χ1) is 10.4. The smallest absolute Gasteiger partial charge is 0.336 e. The maximum absolute atomic E-state index is 12.1. The van der Waals surface area contributed by atoms with Gasteiger partial charge < -0.3 is 19.7 Å². The van der Waals surface area contributed by atoms with Gasteiger partial charge in [0.25, 0.3) is 5.91 Å². The third-order valence-corrected chi connectivity index (χ3v) is 3.13. The third-order valence-electron chi connectivity index (χ3n) is 3.13. The van der Waals surface area contributed by atoms with Gasteiger partial charge in [-0.1, -0.05) is 11.2 Å². The lowest BCUT2D eigenvalue weighted by atomic mass is 10.0. The fourth-order valence-electron chi connectivity index (χ4n) is 2.03. The minimum Gasteiger partial charge on any atom is -0.478 e. The summed E-state index contributed by atoms with van der Waals surface area (Å²) in [5.41, 5.74) is 2.05. The molecule has 0 saturated heterocycles. The Morgan fingerprint density at radius 3 is 2.64 bits per heavy atom. The summed E-state index contributed by atoms with van der Waals surface area (Å²) in [6, 6.07) is 4.61. The summed E-state index contributed by atoms with van der Waals surface area (Å²) < 4.78 is 9.83. The number of anilines is 1. The minimum atomic E-state index is -1.04. The number of nitrogens with one attached hydrogen (secondary N) is 1. The van der Waals surface area contributed by atoms with Crippen LogP contribution in [-0.2, 0) is 11.3 Å². The Morgan fingerprint density at radius 1 is 1.27 bits per heavy atom. The molecule has 1 aromatic carbocycles. The normalized spacial score (nSPS) is 10.5. The van der Waals surface area contributed by atoms with Crippen molar-refractivity contribution >= 4 is 17.6 Å². The van der Waals surface area contributed by atoms with Gasteiger partial charge in [-0.2, -0.15) is 0 Å². The lowest BCUT2D eigenvalue weighted by Crippen LogP contribution is -2.14. The molecule has 0 radical (unpaired) electrons. The number of aryl methyl sites for hydroxylation is 2. The van der Waals surface area contributed by atoms with Crippen molar-refractivity contribution in [1.29, 1.82) is 0 Å². The lowest BCUT2D eigenvalue weighted by molar-refractivity contribution is 0.0695. The van der Waals surface area contributed by atoms with E-state index in [2.05, 4.69) is 10.5 Å². The van der Waals surface area contributed by atoms with Crippen LogP contribution < -0.4 is 5.32 Å². The number of carboxylic acids is 1. The second-order valence-corrected chi connectivity index (χ2v) is 4.85. The van der Waals surface area contributed by atoms with Gasteiger partial charge in [-0.05, 0) is 31.0 Å². The molecule has 1 amide bonds. The molecule has 2 rings (SSSR count). The van der Waals surface area contributed by atoms with Crippen LogP contribution in [0.1, 0.15) is 37.7 Å². The molecule has 22 heavy (non-hydrogen) atoms. The number of benzene rings is 1. The summed E-state index contributed by atoms with van der Waals surface area (Å²) >= 11 is 0. The Balaban J connectivity index is 2.23. The van der Waals surface area contributed by atoms with Crippen molar-refractivity contribution in [1.82, 2.24) is 5.16 Å². The first-order valence-corrected chi connectivity index (χ1v) is 6.52. The van der Waals surface area contributed by atoms with E-state index >= 15 is 0 Å². The van der Waals surface area contributed by atoms with Gasteiger partial charge >= 0.3 is 5.97 Å². The number of aromatic carboxylic acids is 1. The van der Waals surface area contributed by atoms with E-state index in [0.29, 0.717) is 17.0 Å². The zero-order chi connectivity index (χ0) is 16.3. The number of methoxy groups -OCH3 is 1. The topological polar surface area (TPSA) is 102 Å². The maximum atomic E-state index is 12.1. The largest absolute Gasteiger partial charge is 0.478 e. The standard InChI is InChI=1S/C15H16N2O5/c1-8-4-9(2)12(6-11(8)15(19)20)16-14(18)13-5-10(7-21-3)22-17-13/h4-6H,7H2,1-3H3,(H,16,18)(H,19,20). The number of hydrogen-bond donors (Lipinski definition) is 2. The molecule has 0 unspecified atom stereocenters. The highest BCUT2D eigenvalue weighted by Gasteiger charge is 2.16. The number of hydrogen-bond acceptors (Lipinski definition) is 5. The second-order valence-electron chi connectivity index (χ2n) is 4.85. The predicted molar refractivity (Wildman–Crippen MR) is 78.0 cm³/mol. The Labute approximate surface area is 126 Å². The van der Waals surface area contributed by atoms with Crippen molar-refractivity contribution < 1.29 is 24.0 Å². The summed E-state index contributed by atoms with van der Waals surface area (Å²) in [5, 5.41) is 15.4. The van der Waals surface area contributed by atoms with Gasteiger partial charge in [0, 0.05) is 18.9 Å². The number of aromatic nitrogens is 1. The first kappa shape index (κ1) is 15.7. The van der Waals surface area contributed by atoms with Crippen LogP contribution in [0.5, 0.6) is 0 Å². The van der Waals surface area contributed by atoms with Crippen molar-refractivity contribution in [2.75, 3.05) is 12.4 Å². The maximum Gasteiger partial charge on any atom is 0.336 e. The Morgan fingerprint density at radius 2 is 2.00 bits per heavy atom. The molecule has 0 atom stereocenters. The zero-order valence-electron chi connectivity index (χ0n) is 12.5. The minimum absolute atomic E-state index is 0.101. The summed E-state index contributed by atoms with van der Waals surface area (Å²) in [6.07, 6.45) is 0. The molecule has 0 aliphatic carbocycles. The highest BCUT2D eigenvalue weighted by Crippen LogP contribution is 2.21. The number of carbonyl (C=O) groups excluding carboxylic acids is 1. The van der Waals surface area contributed by atoms with Gasteiger partial charge in [0.05, 0.1) is 5.56 Å². The molecule has 0 aliphatic heterocycles. The molecule has 7 heteroatoms. The predicted octanol–water partition coefficient (Wildman–Crippen LogP) is 2.39. The highest BCUT2D eigenvalue weighted by molar-refractivity contribution is 6.04. The van der Waals surface area contributed by atoms with Gasteiger partial charge in [0.15, 0.2) is 11.5 Å².